The molecule has 0 aliphatic carbocycles. The van der Waals surface area contributed by atoms with Crippen LogP contribution < -0.4 is 5.32 Å². The first-order valence-electron chi connectivity index (χ1n) is 6.22. The topological polar surface area (TPSA) is 92.6 Å². The molecule has 7 nitrogen and oxygen atoms in total. The molecule has 1 fully saturated rings. The molecule has 0 spiro atoms. The molecule has 1 unspecified atom stereocenters. The second kappa shape index (κ2) is 5.28. The first-order valence-corrected chi connectivity index (χ1v) is 6.22. The van der Waals surface area contributed by atoms with Crippen LogP contribution in [0.4, 0.5) is 11.4 Å². The van der Waals surface area contributed by atoms with Gasteiger partial charge in [0, 0.05) is 30.8 Å². The van der Waals surface area contributed by atoms with Crippen molar-refractivity contribution in [3.63, 3.8) is 0 Å². The molecule has 1 aromatic rings. The van der Waals surface area contributed by atoms with E-state index in [4.69, 9.17) is 0 Å². The number of nitrogens with one attached hydrogen (secondary N) is 1. The number of rotatable bonds is 3. The lowest BCUT2D eigenvalue weighted by Crippen LogP contribution is -2.48. The Kier molecular flexibility index (Phi) is 3.69. The predicted octanol–water partition coefficient (Wildman–Crippen LogP) is 1.46. The number of carbonyl (C=O) groups is 2. The van der Waals surface area contributed by atoms with Crippen LogP contribution in [0.2, 0.25) is 0 Å². The van der Waals surface area contributed by atoms with Gasteiger partial charge in [0.05, 0.1) is 4.92 Å². The van der Waals surface area contributed by atoms with Crippen LogP contribution in [0.1, 0.15) is 18.4 Å². The maximum atomic E-state index is 11.9. The molecular weight excluding hydrogens is 262 g/mol. The summed E-state index contributed by atoms with van der Waals surface area (Å²) in [6.45, 7) is 1.65. The van der Waals surface area contributed by atoms with Gasteiger partial charge in [-0.3, -0.25) is 24.6 Å². The van der Waals surface area contributed by atoms with E-state index in [-0.39, 0.29) is 23.9 Å². The highest BCUT2D eigenvalue weighted by atomic mass is 16.6. The Morgan fingerprint density at radius 3 is 2.75 bits per heavy atom. The number of anilines is 1. The third-order valence-electron chi connectivity index (χ3n) is 3.40. The van der Waals surface area contributed by atoms with Crippen LogP contribution in [-0.4, -0.2) is 34.7 Å². The highest BCUT2D eigenvalue weighted by molar-refractivity contribution is 6.01. The molecule has 1 heterocycles. The summed E-state index contributed by atoms with van der Waals surface area (Å²) >= 11 is 0. The predicted molar refractivity (Wildman–Crippen MR) is 72.3 cm³/mol. The lowest BCUT2D eigenvalue weighted by Gasteiger charge is -2.28. The van der Waals surface area contributed by atoms with Crippen LogP contribution in [0.25, 0.3) is 0 Å². The van der Waals surface area contributed by atoms with Gasteiger partial charge in [-0.2, -0.15) is 0 Å². The summed E-state index contributed by atoms with van der Waals surface area (Å²) in [5.41, 5.74) is 1.06. The number of carbonyl (C=O) groups excluding carboxylic acids is 2. The average molecular weight is 277 g/mol. The molecule has 0 saturated carbocycles. The van der Waals surface area contributed by atoms with Gasteiger partial charge in [0.1, 0.15) is 6.04 Å². The van der Waals surface area contributed by atoms with Crippen LogP contribution in [-0.2, 0) is 9.59 Å². The van der Waals surface area contributed by atoms with E-state index in [2.05, 4.69) is 5.32 Å². The Balaban J connectivity index is 2.18. The summed E-state index contributed by atoms with van der Waals surface area (Å²) in [5, 5.41) is 13.8. The average Bonchev–Trinajstić information content (AvgIpc) is 2.41. The van der Waals surface area contributed by atoms with Gasteiger partial charge in [-0.1, -0.05) is 6.07 Å². The zero-order chi connectivity index (χ0) is 14.9. The highest BCUT2D eigenvalue weighted by Crippen LogP contribution is 2.24. The highest BCUT2D eigenvalue weighted by Gasteiger charge is 2.31. The lowest BCUT2D eigenvalue weighted by molar-refractivity contribution is -0.385. The van der Waals surface area contributed by atoms with E-state index in [1.165, 1.54) is 13.1 Å². The normalized spacial score (nSPS) is 19.1. The number of amides is 2. The molecule has 2 rings (SSSR count). The van der Waals surface area contributed by atoms with Crippen molar-refractivity contribution in [3.05, 3.63) is 33.9 Å². The first kappa shape index (κ1) is 14.0. The maximum absolute atomic E-state index is 11.9. The minimum absolute atomic E-state index is 0.00249. The molecule has 0 bridgehead atoms. The van der Waals surface area contributed by atoms with Crippen LogP contribution in [0.3, 0.4) is 0 Å². The van der Waals surface area contributed by atoms with Gasteiger partial charge in [-0.05, 0) is 19.4 Å². The maximum Gasteiger partial charge on any atom is 0.274 e. The molecule has 20 heavy (non-hydrogen) atoms. The molecule has 0 radical (unpaired) electrons. The van der Waals surface area contributed by atoms with Crippen molar-refractivity contribution in [1.29, 1.82) is 0 Å². The van der Waals surface area contributed by atoms with Gasteiger partial charge < -0.3 is 5.32 Å². The smallest absolute Gasteiger partial charge is 0.274 e. The minimum Gasteiger partial charge on any atom is -0.373 e. The molecule has 1 saturated heterocycles. The Labute approximate surface area is 115 Å². The molecule has 1 aliphatic heterocycles. The van der Waals surface area contributed by atoms with Gasteiger partial charge in [0.15, 0.2) is 0 Å². The zero-order valence-electron chi connectivity index (χ0n) is 11.3. The lowest BCUT2D eigenvalue weighted by atomic mass is 10.0. The van der Waals surface area contributed by atoms with Crippen molar-refractivity contribution in [1.82, 2.24) is 4.90 Å². The monoisotopic (exact) mass is 277 g/mol. The van der Waals surface area contributed by atoms with Crippen molar-refractivity contribution in [2.75, 3.05) is 12.4 Å². The van der Waals surface area contributed by atoms with Crippen LogP contribution in [0.5, 0.6) is 0 Å². The second-order valence-corrected chi connectivity index (χ2v) is 4.78. The second-order valence-electron chi connectivity index (χ2n) is 4.78. The number of hydrogen-bond acceptors (Lipinski definition) is 5. The third-order valence-corrected chi connectivity index (χ3v) is 3.40. The van der Waals surface area contributed by atoms with Gasteiger partial charge in [0.2, 0.25) is 5.91 Å². The Hall–Kier alpha value is -2.44. The molecule has 2 amide bonds. The minimum atomic E-state index is -0.528. The van der Waals surface area contributed by atoms with E-state index in [0.717, 1.165) is 4.90 Å². The molecular formula is C13H15N3O4. The number of piperidine rings is 1. The van der Waals surface area contributed by atoms with Gasteiger partial charge in [-0.25, -0.2) is 0 Å². The number of nitrogens with zero attached hydrogens (tertiary/aromatic N) is 2. The molecule has 106 valence electrons. The summed E-state index contributed by atoms with van der Waals surface area (Å²) in [7, 11) is 1.44. The first-order chi connectivity index (χ1) is 9.40. The quantitative estimate of drug-likeness (QED) is 0.513. The Bertz CT molecular complexity index is 585. The summed E-state index contributed by atoms with van der Waals surface area (Å²) < 4.78 is 0. The summed E-state index contributed by atoms with van der Waals surface area (Å²) in [4.78, 5) is 34.8. The van der Waals surface area contributed by atoms with Crippen molar-refractivity contribution in [2.45, 2.75) is 25.8 Å². The van der Waals surface area contributed by atoms with Crippen molar-refractivity contribution in [2.24, 2.45) is 0 Å². The summed E-state index contributed by atoms with van der Waals surface area (Å²) in [6.07, 6.45) is 0.678. The van der Waals surface area contributed by atoms with Crippen LogP contribution in [0, 0.1) is 17.0 Å². The molecule has 1 N–H and O–H groups in total. The number of hydrogen-bond donors (Lipinski definition) is 1. The van der Waals surface area contributed by atoms with Gasteiger partial charge in [0.25, 0.3) is 11.6 Å². The summed E-state index contributed by atoms with van der Waals surface area (Å²) in [6, 6.07) is 4.19. The number of likely N-dealkylation sites (N-methyl/N-ethyl adjacent to an activating group) is 1. The van der Waals surface area contributed by atoms with E-state index in [9.17, 15) is 19.7 Å². The van der Waals surface area contributed by atoms with Gasteiger partial charge >= 0.3 is 0 Å². The van der Waals surface area contributed by atoms with Gasteiger partial charge in [-0.15, -0.1) is 0 Å². The molecule has 1 aromatic carbocycles. The van der Waals surface area contributed by atoms with E-state index in [1.54, 1.807) is 19.1 Å². The fourth-order valence-electron chi connectivity index (χ4n) is 2.15. The standard InChI is InChI=1S/C13H15N3O4/c1-8-3-4-9(7-11(8)16(19)20)14-10-5-6-12(17)15(2)13(10)18/h3-4,7,10,14H,5-6H2,1-2H3. The zero-order valence-corrected chi connectivity index (χ0v) is 11.3. The van der Waals surface area contributed by atoms with E-state index < -0.39 is 11.0 Å². The summed E-state index contributed by atoms with van der Waals surface area (Å²) in [5.74, 6) is -0.521. The van der Waals surface area contributed by atoms with E-state index in [1.807, 2.05) is 0 Å². The number of likely N-dealkylation sites (tertiary alicyclic amines) is 1. The number of benzene rings is 1. The molecule has 1 aliphatic rings. The number of imide groups is 1. The van der Waals surface area contributed by atoms with E-state index in [0.29, 0.717) is 17.7 Å². The SMILES string of the molecule is Cc1ccc(NC2CCC(=O)N(C)C2=O)cc1[N+](=O)[O-]. The molecule has 1 atom stereocenters. The van der Waals surface area contributed by atoms with Crippen molar-refractivity contribution < 1.29 is 14.5 Å². The molecule has 7 heteroatoms. The Morgan fingerprint density at radius 2 is 2.10 bits per heavy atom. The van der Waals surface area contributed by atoms with E-state index >= 15 is 0 Å². The number of nitro benzene ring substituents is 1. The van der Waals surface area contributed by atoms with Crippen molar-refractivity contribution >= 4 is 23.2 Å². The van der Waals surface area contributed by atoms with Crippen LogP contribution in [0.15, 0.2) is 18.2 Å². The fraction of sp³-hybridized carbons (Fsp3) is 0.385. The third kappa shape index (κ3) is 2.61. The number of aryl methyl sites for hydroxylation is 1. The molecule has 0 aromatic heterocycles. The van der Waals surface area contributed by atoms with Crippen molar-refractivity contribution in [3.8, 4) is 0 Å². The fourth-order valence-corrected chi connectivity index (χ4v) is 2.15. The van der Waals surface area contributed by atoms with Crippen LogP contribution >= 0.6 is 0 Å². The number of nitro groups is 1. The Morgan fingerprint density at radius 1 is 1.40 bits per heavy atom. The largest absolute Gasteiger partial charge is 0.373 e.